The van der Waals surface area contributed by atoms with Crippen LogP contribution in [0.3, 0.4) is 0 Å². The van der Waals surface area contributed by atoms with Gasteiger partial charge in [0.25, 0.3) is 0 Å². The first kappa shape index (κ1) is 16.1. The number of hydrogen-bond acceptors (Lipinski definition) is 5. The van der Waals surface area contributed by atoms with Gasteiger partial charge < -0.3 is 9.42 Å². The molecule has 0 aliphatic heterocycles. The second kappa shape index (κ2) is 7.70. The fourth-order valence-electron chi connectivity index (χ4n) is 2.17. The molecule has 3 aromatic rings. The predicted octanol–water partition coefficient (Wildman–Crippen LogP) is 3.86. The third-order valence-electron chi connectivity index (χ3n) is 3.45. The van der Waals surface area contributed by atoms with Crippen molar-refractivity contribution in [1.82, 2.24) is 15.0 Å². The lowest BCUT2D eigenvalue weighted by atomic mass is 10.2. The summed E-state index contributed by atoms with van der Waals surface area (Å²) in [6, 6.07) is 13.6. The van der Waals surface area contributed by atoms with E-state index in [0.29, 0.717) is 24.8 Å². The van der Waals surface area contributed by atoms with Gasteiger partial charge in [-0.15, -0.1) is 11.3 Å². The number of rotatable bonds is 6. The molecule has 0 unspecified atom stereocenters. The molecule has 5 nitrogen and oxygen atoms in total. The average molecular weight is 339 g/mol. The summed E-state index contributed by atoms with van der Waals surface area (Å²) in [5.41, 5.74) is 0.986. The number of carbonyl (C=O) groups excluding carboxylic acids is 1. The minimum Gasteiger partial charge on any atom is -0.337 e. The Kier molecular flexibility index (Phi) is 5.18. The van der Waals surface area contributed by atoms with Crippen LogP contribution in [-0.4, -0.2) is 27.5 Å². The largest absolute Gasteiger partial charge is 0.337 e. The Morgan fingerprint density at radius 3 is 2.79 bits per heavy atom. The van der Waals surface area contributed by atoms with E-state index in [1.54, 1.807) is 28.4 Å². The molecular weight excluding hydrogens is 322 g/mol. The Bertz CT molecular complexity index is 810. The van der Waals surface area contributed by atoms with Crippen molar-refractivity contribution in [2.75, 3.05) is 6.54 Å². The molecule has 0 atom stereocenters. The van der Waals surface area contributed by atoms with Gasteiger partial charge in [-0.2, -0.15) is 4.98 Å². The normalized spacial score (nSPS) is 11.0. The van der Waals surface area contributed by atoms with Crippen LogP contribution in [0.1, 0.15) is 18.4 Å². The Labute approximate surface area is 144 Å². The van der Waals surface area contributed by atoms with Crippen LogP contribution in [0.2, 0.25) is 0 Å². The summed E-state index contributed by atoms with van der Waals surface area (Å²) in [5, 5.41) is 5.93. The maximum Gasteiger partial charge on any atom is 0.247 e. The molecule has 3 rings (SSSR count). The highest BCUT2D eigenvalue weighted by molar-refractivity contribution is 7.13. The van der Waals surface area contributed by atoms with Gasteiger partial charge in [0.15, 0.2) is 0 Å². The van der Waals surface area contributed by atoms with Crippen molar-refractivity contribution in [2.45, 2.75) is 13.5 Å². The molecule has 0 aliphatic rings. The molecule has 2 heterocycles. The molecule has 0 saturated heterocycles. The van der Waals surface area contributed by atoms with E-state index in [-0.39, 0.29) is 5.91 Å². The number of aromatic nitrogens is 2. The van der Waals surface area contributed by atoms with Crippen LogP contribution in [0.25, 0.3) is 16.8 Å². The third-order valence-corrected chi connectivity index (χ3v) is 4.31. The molecule has 0 aliphatic carbocycles. The molecule has 0 N–H and O–H groups in total. The second-order valence-corrected chi connectivity index (χ2v) is 6.03. The first-order valence-electron chi connectivity index (χ1n) is 7.64. The van der Waals surface area contributed by atoms with Gasteiger partial charge in [0.1, 0.15) is 6.54 Å². The molecular formula is C18H17N3O2S. The lowest BCUT2D eigenvalue weighted by Crippen LogP contribution is -2.28. The summed E-state index contributed by atoms with van der Waals surface area (Å²) in [6.07, 6.45) is 3.37. The summed E-state index contributed by atoms with van der Waals surface area (Å²) < 4.78 is 5.26. The van der Waals surface area contributed by atoms with Crippen LogP contribution in [0.5, 0.6) is 0 Å². The highest BCUT2D eigenvalue weighted by Crippen LogP contribution is 2.21. The maximum absolute atomic E-state index is 12.3. The summed E-state index contributed by atoms with van der Waals surface area (Å²) in [6.45, 7) is 2.78. The molecule has 1 aromatic carbocycles. The molecule has 0 radical (unpaired) electrons. The minimum atomic E-state index is -0.0859. The molecule has 6 heteroatoms. The van der Waals surface area contributed by atoms with Gasteiger partial charge >= 0.3 is 0 Å². The number of hydrogen-bond donors (Lipinski definition) is 0. The molecule has 0 fully saturated rings. The van der Waals surface area contributed by atoms with Crippen LogP contribution in [0.4, 0.5) is 0 Å². The standard InChI is InChI=1S/C18H17N3O2S/c1-2-21(17(22)11-10-14-7-4-3-5-8-14)13-16-19-18(20-23-16)15-9-6-12-24-15/h3-12H,2,13H2,1H3. The fourth-order valence-corrected chi connectivity index (χ4v) is 2.82. The van der Waals surface area contributed by atoms with E-state index in [0.717, 1.165) is 10.4 Å². The van der Waals surface area contributed by atoms with Crippen LogP contribution in [-0.2, 0) is 11.3 Å². The summed E-state index contributed by atoms with van der Waals surface area (Å²) in [7, 11) is 0. The van der Waals surface area contributed by atoms with E-state index in [4.69, 9.17) is 4.52 Å². The first-order chi connectivity index (χ1) is 11.8. The van der Waals surface area contributed by atoms with Crippen molar-refractivity contribution in [3.63, 3.8) is 0 Å². The van der Waals surface area contributed by atoms with Gasteiger partial charge in [0, 0.05) is 12.6 Å². The molecule has 2 aromatic heterocycles. The number of thiophene rings is 1. The lowest BCUT2D eigenvalue weighted by molar-refractivity contribution is -0.126. The van der Waals surface area contributed by atoms with Gasteiger partial charge in [-0.25, -0.2) is 0 Å². The van der Waals surface area contributed by atoms with E-state index in [1.165, 1.54) is 0 Å². The SMILES string of the molecule is CCN(Cc1nc(-c2cccs2)no1)C(=O)C=Cc1ccccc1. The Morgan fingerprint density at radius 1 is 1.25 bits per heavy atom. The number of benzene rings is 1. The second-order valence-electron chi connectivity index (χ2n) is 5.09. The van der Waals surface area contributed by atoms with Gasteiger partial charge in [-0.05, 0) is 30.0 Å². The number of nitrogens with zero attached hydrogens (tertiary/aromatic N) is 3. The quantitative estimate of drug-likeness (QED) is 0.640. The van der Waals surface area contributed by atoms with E-state index in [1.807, 2.05) is 54.8 Å². The van der Waals surface area contributed by atoms with Gasteiger partial charge in [0.2, 0.25) is 17.6 Å². The van der Waals surface area contributed by atoms with Crippen LogP contribution in [0.15, 0.2) is 58.4 Å². The zero-order valence-corrected chi connectivity index (χ0v) is 14.1. The van der Waals surface area contributed by atoms with Gasteiger partial charge in [-0.3, -0.25) is 4.79 Å². The summed E-state index contributed by atoms with van der Waals surface area (Å²) >= 11 is 1.55. The van der Waals surface area contributed by atoms with Crippen molar-refractivity contribution in [2.24, 2.45) is 0 Å². The van der Waals surface area contributed by atoms with E-state index in [2.05, 4.69) is 10.1 Å². The number of likely N-dealkylation sites (N-methyl/N-ethyl adjacent to an activating group) is 1. The molecule has 24 heavy (non-hydrogen) atoms. The summed E-state index contributed by atoms with van der Waals surface area (Å²) in [5.74, 6) is 0.905. The zero-order chi connectivity index (χ0) is 16.8. The first-order valence-corrected chi connectivity index (χ1v) is 8.52. The van der Waals surface area contributed by atoms with E-state index in [9.17, 15) is 4.79 Å². The lowest BCUT2D eigenvalue weighted by Gasteiger charge is -2.16. The molecule has 122 valence electrons. The molecule has 0 saturated carbocycles. The number of carbonyl (C=O) groups is 1. The van der Waals surface area contributed by atoms with Crippen LogP contribution >= 0.6 is 11.3 Å². The van der Waals surface area contributed by atoms with Crippen molar-refractivity contribution < 1.29 is 9.32 Å². The summed E-state index contributed by atoms with van der Waals surface area (Å²) in [4.78, 5) is 19.3. The zero-order valence-electron chi connectivity index (χ0n) is 13.3. The van der Waals surface area contributed by atoms with Crippen molar-refractivity contribution in [3.8, 4) is 10.7 Å². The van der Waals surface area contributed by atoms with Crippen LogP contribution < -0.4 is 0 Å². The predicted molar refractivity (Wildman–Crippen MR) is 94.2 cm³/mol. The highest BCUT2D eigenvalue weighted by atomic mass is 32.1. The third kappa shape index (κ3) is 3.97. The van der Waals surface area contributed by atoms with Crippen molar-refractivity contribution in [1.29, 1.82) is 0 Å². The van der Waals surface area contributed by atoms with Gasteiger partial charge in [0.05, 0.1) is 4.88 Å². The average Bonchev–Trinajstić information content (AvgIpc) is 3.29. The fraction of sp³-hybridized carbons (Fsp3) is 0.167. The Morgan fingerprint density at radius 2 is 2.08 bits per heavy atom. The van der Waals surface area contributed by atoms with Gasteiger partial charge in [-0.1, -0.05) is 41.6 Å². The molecule has 0 spiro atoms. The Balaban J connectivity index is 1.66. The highest BCUT2D eigenvalue weighted by Gasteiger charge is 2.15. The molecule has 1 amide bonds. The monoisotopic (exact) mass is 339 g/mol. The van der Waals surface area contributed by atoms with Crippen molar-refractivity contribution in [3.05, 3.63) is 65.4 Å². The topological polar surface area (TPSA) is 59.2 Å². The maximum atomic E-state index is 12.3. The smallest absolute Gasteiger partial charge is 0.247 e. The van der Waals surface area contributed by atoms with E-state index >= 15 is 0 Å². The Hall–Kier alpha value is -2.73. The number of amides is 1. The minimum absolute atomic E-state index is 0.0859. The van der Waals surface area contributed by atoms with E-state index < -0.39 is 0 Å². The van der Waals surface area contributed by atoms with Crippen molar-refractivity contribution >= 4 is 23.3 Å². The van der Waals surface area contributed by atoms with Crippen LogP contribution in [0, 0.1) is 0 Å². The molecule has 0 bridgehead atoms.